The number of rotatable bonds is 15. The molecule has 0 heterocycles. The number of nitrogens with zero attached hydrogens (tertiary/aromatic N) is 1. The Kier molecular flexibility index (Phi) is 12.8. The average Bonchev–Trinajstić information content (AvgIpc) is 2.47. The lowest BCUT2D eigenvalue weighted by molar-refractivity contribution is -0.930. The molecule has 0 bridgehead atoms. The molecule has 0 spiro atoms. The lowest BCUT2D eigenvalue weighted by atomic mass is 10.5. The Morgan fingerprint density at radius 1 is 0.400 bits per heavy atom. The Hall–Kier alpha value is 1.12. The summed E-state index contributed by atoms with van der Waals surface area (Å²) in [4.78, 5) is 153. The van der Waals surface area contributed by atoms with Gasteiger partial charge in [-0.2, -0.15) is 0 Å². The molecule has 0 aromatic heterocycles. The third-order valence-corrected chi connectivity index (χ3v) is 19.6. The van der Waals surface area contributed by atoms with Gasteiger partial charge in [0, 0.05) is 6.54 Å². The Bertz CT molecular complexity index is 1100. The van der Waals surface area contributed by atoms with Crippen LogP contribution in [-0.4, -0.2) is 118 Å². The summed E-state index contributed by atoms with van der Waals surface area (Å²) < 4.78 is 92.6. The standard InChI is InChI=1S/C6H24N2O24P8/c9-33(10,11)3(34(12,13)14)7-1-2-8(4(35(15,16)17)36(18,19)20,5(37(21,22)23)38(24,25)26)6(39(27,28)29)40(30,31)32/h3-7H,1-2H2,(H15-,9,10,11,12,13,14,15,16,17,18,19,20,21,22,23,24,25,26,27,28,29,30,31,32)/p+1. The van der Waals surface area contributed by atoms with Crippen LogP contribution in [0.25, 0.3) is 0 Å². The van der Waals surface area contributed by atoms with Crippen molar-refractivity contribution in [2.75, 3.05) is 13.1 Å². The molecule has 40 heavy (non-hydrogen) atoms. The van der Waals surface area contributed by atoms with E-state index in [0.717, 1.165) is 0 Å². The smallest absolute Gasteiger partial charge is 0.323 e. The molecule has 0 aromatic rings. The first-order chi connectivity index (χ1) is 16.9. The van der Waals surface area contributed by atoms with Crippen molar-refractivity contribution in [2.24, 2.45) is 0 Å². The third kappa shape index (κ3) is 10.3. The molecule has 0 amide bonds. The van der Waals surface area contributed by atoms with Crippen molar-refractivity contribution in [2.45, 2.75) is 22.1 Å². The summed E-state index contributed by atoms with van der Waals surface area (Å²) in [5, 5.41) is 1.17. The van der Waals surface area contributed by atoms with Crippen LogP contribution in [-0.2, 0) is 36.5 Å². The van der Waals surface area contributed by atoms with Crippen LogP contribution in [0.5, 0.6) is 0 Å². The highest BCUT2D eigenvalue weighted by molar-refractivity contribution is 7.73. The molecule has 26 nitrogen and oxygen atoms in total. The van der Waals surface area contributed by atoms with E-state index in [0.29, 0.717) is 0 Å². The highest BCUT2D eigenvalue weighted by Gasteiger charge is 2.77. The number of nitrogens with one attached hydrogen (secondary N) is 1. The minimum atomic E-state index is -7.03. The Morgan fingerprint density at radius 3 is 0.750 bits per heavy atom. The molecule has 0 unspecified atom stereocenters. The normalized spacial score (nSPS) is 16.0. The van der Waals surface area contributed by atoms with Crippen molar-refractivity contribution in [3.63, 3.8) is 0 Å². The maximum absolute atomic E-state index is 12.3. The second-order valence-electron chi connectivity index (χ2n) is 7.80. The zero-order chi connectivity index (χ0) is 32.9. The van der Waals surface area contributed by atoms with Crippen LogP contribution in [0.15, 0.2) is 0 Å². The van der Waals surface area contributed by atoms with E-state index in [9.17, 15) is 95.2 Å². The van der Waals surface area contributed by atoms with Gasteiger partial charge in [-0.3, -0.25) is 46.3 Å². The molecule has 0 rings (SSSR count). The van der Waals surface area contributed by atoms with Gasteiger partial charge in [0.2, 0.25) is 5.52 Å². The summed E-state index contributed by atoms with van der Waals surface area (Å²) in [5.41, 5.74) is -17.1. The largest absolute Gasteiger partial charge is 0.395 e. The Morgan fingerprint density at radius 2 is 0.600 bits per heavy atom. The van der Waals surface area contributed by atoms with Gasteiger partial charge in [0.05, 0.1) is 6.54 Å². The minimum absolute atomic E-state index is 1.17. The quantitative estimate of drug-likeness (QED) is 0.0558. The molecule has 0 saturated heterocycles. The fourth-order valence-corrected chi connectivity index (χ4v) is 17.7. The average molecular weight is 757 g/mol. The van der Waals surface area contributed by atoms with E-state index >= 15 is 0 Å². The Labute approximate surface area is 220 Å². The summed E-state index contributed by atoms with van der Waals surface area (Å²) >= 11 is 0. The van der Waals surface area contributed by atoms with E-state index in [1.54, 1.807) is 0 Å². The van der Waals surface area contributed by atoms with Crippen LogP contribution < -0.4 is 5.32 Å². The van der Waals surface area contributed by atoms with Gasteiger partial charge >= 0.3 is 60.8 Å². The predicted octanol–water partition coefficient (Wildman–Crippen LogP) is -4.05. The van der Waals surface area contributed by atoms with E-state index in [4.69, 9.17) is 19.6 Å². The van der Waals surface area contributed by atoms with Gasteiger partial charge in [0.15, 0.2) is 0 Å². The van der Waals surface area contributed by atoms with Gasteiger partial charge in [-0.1, -0.05) is 0 Å². The summed E-state index contributed by atoms with van der Waals surface area (Å²) in [6, 6.07) is 0. The van der Waals surface area contributed by atoms with Gasteiger partial charge in [0.25, 0.3) is 16.6 Å². The van der Waals surface area contributed by atoms with Crippen molar-refractivity contribution in [3.8, 4) is 0 Å². The van der Waals surface area contributed by atoms with E-state index in [2.05, 4.69) is 0 Å². The summed E-state index contributed by atoms with van der Waals surface area (Å²) in [6.45, 7) is -4.54. The van der Waals surface area contributed by atoms with Crippen LogP contribution in [0.2, 0.25) is 0 Å². The molecule has 242 valence electrons. The van der Waals surface area contributed by atoms with Gasteiger partial charge < -0.3 is 78.3 Å². The maximum atomic E-state index is 12.3. The van der Waals surface area contributed by atoms with E-state index in [1.165, 1.54) is 5.32 Å². The van der Waals surface area contributed by atoms with Crippen molar-refractivity contribution in [1.82, 2.24) is 5.32 Å². The summed E-state index contributed by atoms with van der Waals surface area (Å²) in [6.07, 6.45) is 0. The van der Waals surface area contributed by atoms with Gasteiger partial charge in [0.1, 0.15) is 0 Å². The van der Waals surface area contributed by atoms with Crippen molar-refractivity contribution in [3.05, 3.63) is 0 Å². The molecular weight excluding hydrogens is 732 g/mol. The lowest BCUT2D eigenvalue weighted by Gasteiger charge is -2.51. The summed E-state index contributed by atoms with van der Waals surface area (Å²) in [5.74, 6) is 0. The fourth-order valence-electron chi connectivity index (χ4n) is 3.79. The second-order valence-corrected chi connectivity index (χ2v) is 22.8. The first-order valence-corrected chi connectivity index (χ1v) is 22.4. The molecule has 0 aliphatic carbocycles. The predicted molar refractivity (Wildman–Crippen MR) is 125 cm³/mol. The van der Waals surface area contributed by atoms with E-state index in [1.807, 2.05) is 0 Å². The van der Waals surface area contributed by atoms with E-state index in [-0.39, 0.29) is 0 Å². The molecule has 34 heteroatoms. The Balaban J connectivity index is 8.41. The topological polar surface area (TPSA) is 472 Å². The lowest BCUT2D eigenvalue weighted by Crippen LogP contribution is -2.67. The first kappa shape index (κ1) is 41.1. The van der Waals surface area contributed by atoms with Crippen molar-refractivity contribution in [1.29, 1.82) is 0 Å². The van der Waals surface area contributed by atoms with Gasteiger partial charge in [-0.05, 0) is 0 Å². The molecule has 0 saturated carbocycles. The van der Waals surface area contributed by atoms with Gasteiger partial charge in [-0.25, -0.2) is 0 Å². The highest BCUT2D eigenvalue weighted by atomic mass is 31.3. The molecular formula is C6H25N2O24P8+. The molecule has 0 aromatic carbocycles. The van der Waals surface area contributed by atoms with Crippen molar-refractivity contribution >= 4 is 60.8 Å². The molecule has 17 N–H and O–H groups in total. The van der Waals surface area contributed by atoms with E-state index < -0.39 is 100 Å². The molecule has 0 aliphatic heterocycles. The maximum Gasteiger partial charge on any atom is 0.395 e. The summed E-state index contributed by atoms with van der Waals surface area (Å²) in [7, 11) is -54.3. The van der Waals surface area contributed by atoms with Crippen LogP contribution in [0.3, 0.4) is 0 Å². The van der Waals surface area contributed by atoms with Crippen LogP contribution in [0.1, 0.15) is 0 Å². The first-order valence-electron chi connectivity index (χ1n) is 8.96. The monoisotopic (exact) mass is 757 g/mol. The zero-order valence-corrected chi connectivity index (χ0v) is 25.8. The fraction of sp³-hybridized carbons (Fsp3) is 1.00. The van der Waals surface area contributed by atoms with Crippen molar-refractivity contribution < 1.29 is 119 Å². The molecule has 0 atom stereocenters. The highest BCUT2D eigenvalue weighted by Crippen LogP contribution is 2.78. The van der Waals surface area contributed by atoms with Gasteiger partial charge in [-0.15, -0.1) is 0 Å². The number of hydrogen-bond donors (Lipinski definition) is 17. The minimum Gasteiger partial charge on any atom is -0.323 e. The third-order valence-electron chi connectivity index (χ3n) is 4.56. The molecule has 0 radical (unpaired) electrons. The van der Waals surface area contributed by atoms with Crippen LogP contribution in [0.4, 0.5) is 0 Å². The molecule has 0 aliphatic rings. The van der Waals surface area contributed by atoms with Crippen LogP contribution in [0, 0.1) is 0 Å². The number of quaternary nitrogens is 1. The zero-order valence-electron chi connectivity index (χ0n) is 18.7. The molecule has 0 fully saturated rings. The van der Waals surface area contributed by atoms with Crippen LogP contribution >= 0.6 is 60.8 Å². The number of hydrogen-bond acceptors (Lipinski definition) is 9. The SMILES string of the molecule is O=P(O)(O)C(NCC[N+](C(P(=O)(O)O)P(=O)(O)O)(C(P(=O)(O)O)P(=O)(O)O)C(P(=O)(O)O)P(=O)(O)O)P(=O)(O)O. The second kappa shape index (κ2) is 12.5.